The summed E-state index contributed by atoms with van der Waals surface area (Å²) in [4.78, 5) is 18.2. The first-order chi connectivity index (χ1) is 13.6. The summed E-state index contributed by atoms with van der Waals surface area (Å²) in [5, 5.41) is 3.63. The van der Waals surface area contributed by atoms with Crippen LogP contribution in [0.3, 0.4) is 0 Å². The van der Waals surface area contributed by atoms with E-state index in [1.165, 1.54) is 5.69 Å². The number of nitrogens with zero attached hydrogens (tertiary/aromatic N) is 3. The smallest absolute Gasteiger partial charge is 0.324 e. The maximum Gasteiger partial charge on any atom is 0.324 e. The van der Waals surface area contributed by atoms with Crippen LogP contribution in [0, 0.1) is 0 Å². The number of benzene rings is 2. The number of methoxy groups -OCH3 is 1. The van der Waals surface area contributed by atoms with E-state index in [2.05, 4.69) is 40.5 Å². The SMILES string of the molecule is COc1cccc(NC2CCN(c3ccc(N4CCN(C)C4=O)cc3)CC2)c1. The van der Waals surface area contributed by atoms with Crippen LogP contribution in [0.2, 0.25) is 0 Å². The molecule has 0 saturated carbocycles. The molecule has 0 aromatic heterocycles. The summed E-state index contributed by atoms with van der Waals surface area (Å²) >= 11 is 0. The van der Waals surface area contributed by atoms with Gasteiger partial charge in [-0.2, -0.15) is 0 Å². The number of hydrogen-bond donors (Lipinski definition) is 1. The molecule has 0 unspecified atom stereocenters. The normalized spacial score (nSPS) is 17.9. The second kappa shape index (κ2) is 8.00. The molecule has 0 atom stereocenters. The maximum atomic E-state index is 12.1. The molecule has 2 aromatic carbocycles. The van der Waals surface area contributed by atoms with E-state index in [9.17, 15) is 4.79 Å². The van der Waals surface area contributed by atoms with E-state index in [0.29, 0.717) is 6.04 Å². The molecule has 0 bridgehead atoms. The summed E-state index contributed by atoms with van der Waals surface area (Å²) in [5.41, 5.74) is 3.32. The third-order valence-electron chi connectivity index (χ3n) is 5.68. The molecule has 2 aliphatic heterocycles. The molecular formula is C22H28N4O2. The molecule has 0 radical (unpaired) electrons. The van der Waals surface area contributed by atoms with Crippen LogP contribution in [-0.4, -0.2) is 57.3 Å². The van der Waals surface area contributed by atoms with Crippen molar-refractivity contribution < 1.29 is 9.53 Å². The predicted octanol–water partition coefficient (Wildman–Crippen LogP) is 3.65. The van der Waals surface area contributed by atoms with Crippen LogP contribution < -0.4 is 19.9 Å². The van der Waals surface area contributed by atoms with Crippen molar-refractivity contribution in [2.24, 2.45) is 0 Å². The van der Waals surface area contributed by atoms with Crippen LogP contribution in [0.4, 0.5) is 21.9 Å². The number of urea groups is 1. The minimum Gasteiger partial charge on any atom is -0.497 e. The molecule has 2 aromatic rings. The van der Waals surface area contributed by atoms with Gasteiger partial charge in [0.25, 0.3) is 0 Å². The first-order valence-electron chi connectivity index (χ1n) is 9.92. The van der Waals surface area contributed by atoms with E-state index in [-0.39, 0.29) is 6.03 Å². The van der Waals surface area contributed by atoms with Crippen LogP contribution in [-0.2, 0) is 0 Å². The van der Waals surface area contributed by atoms with E-state index in [1.807, 2.05) is 30.1 Å². The zero-order chi connectivity index (χ0) is 19.5. The van der Waals surface area contributed by atoms with Crippen molar-refractivity contribution in [2.45, 2.75) is 18.9 Å². The Hall–Kier alpha value is -2.89. The highest BCUT2D eigenvalue weighted by Gasteiger charge is 2.26. The Balaban J connectivity index is 1.33. The first kappa shape index (κ1) is 18.5. The second-order valence-electron chi connectivity index (χ2n) is 7.51. The van der Waals surface area contributed by atoms with Gasteiger partial charge in [0.2, 0.25) is 0 Å². The summed E-state index contributed by atoms with van der Waals surface area (Å²) in [5.74, 6) is 0.880. The number of carbonyl (C=O) groups is 1. The average Bonchev–Trinajstić information content (AvgIpc) is 3.07. The van der Waals surface area contributed by atoms with Crippen molar-refractivity contribution >= 4 is 23.1 Å². The molecule has 2 heterocycles. The van der Waals surface area contributed by atoms with Gasteiger partial charge in [-0.05, 0) is 49.2 Å². The van der Waals surface area contributed by atoms with Gasteiger partial charge in [-0.25, -0.2) is 4.79 Å². The number of amides is 2. The molecule has 0 spiro atoms. The zero-order valence-corrected chi connectivity index (χ0v) is 16.6. The largest absolute Gasteiger partial charge is 0.497 e. The van der Waals surface area contributed by atoms with Crippen molar-refractivity contribution in [2.75, 3.05) is 55.5 Å². The second-order valence-corrected chi connectivity index (χ2v) is 7.51. The highest BCUT2D eigenvalue weighted by molar-refractivity contribution is 5.94. The van der Waals surface area contributed by atoms with Crippen molar-refractivity contribution in [3.8, 4) is 5.75 Å². The minimum absolute atomic E-state index is 0.0807. The van der Waals surface area contributed by atoms with Gasteiger partial charge in [-0.15, -0.1) is 0 Å². The lowest BCUT2D eigenvalue weighted by Crippen LogP contribution is -2.39. The summed E-state index contributed by atoms with van der Waals surface area (Å²) in [6.45, 7) is 3.59. The number of likely N-dealkylation sites (N-methyl/N-ethyl adjacent to an activating group) is 1. The lowest BCUT2D eigenvalue weighted by Gasteiger charge is -2.34. The fraction of sp³-hybridized carbons (Fsp3) is 0.409. The molecule has 2 saturated heterocycles. The molecule has 4 rings (SSSR count). The number of hydrogen-bond acceptors (Lipinski definition) is 4. The minimum atomic E-state index is 0.0807. The Labute approximate surface area is 166 Å². The fourth-order valence-electron chi connectivity index (χ4n) is 3.96. The van der Waals surface area contributed by atoms with Crippen molar-refractivity contribution in [1.82, 2.24) is 4.90 Å². The number of ether oxygens (including phenoxy) is 1. The summed E-state index contributed by atoms with van der Waals surface area (Å²) < 4.78 is 5.30. The highest BCUT2D eigenvalue weighted by atomic mass is 16.5. The Kier molecular flexibility index (Phi) is 5.28. The lowest BCUT2D eigenvalue weighted by molar-refractivity contribution is 0.229. The third kappa shape index (κ3) is 3.86. The monoisotopic (exact) mass is 380 g/mol. The van der Waals surface area contributed by atoms with Crippen molar-refractivity contribution in [3.63, 3.8) is 0 Å². The van der Waals surface area contributed by atoms with Crippen LogP contribution in [0.25, 0.3) is 0 Å². The van der Waals surface area contributed by atoms with Gasteiger partial charge >= 0.3 is 6.03 Å². The molecule has 2 aliphatic rings. The molecule has 1 N–H and O–H groups in total. The van der Waals surface area contributed by atoms with Gasteiger partial charge in [0, 0.05) is 62.4 Å². The van der Waals surface area contributed by atoms with E-state index in [0.717, 1.165) is 56.1 Å². The molecule has 148 valence electrons. The first-order valence-corrected chi connectivity index (χ1v) is 9.92. The molecular weight excluding hydrogens is 352 g/mol. The van der Waals surface area contributed by atoms with E-state index < -0.39 is 0 Å². The molecule has 2 fully saturated rings. The fourth-order valence-corrected chi connectivity index (χ4v) is 3.96. The zero-order valence-electron chi connectivity index (χ0n) is 16.6. The Morgan fingerprint density at radius 2 is 1.68 bits per heavy atom. The van der Waals surface area contributed by atoms with Gasteiger partial charge in [0.15, 0.2) is 0 Å². The number of anilines is 3. The van der Waals surface area contributed by atoms with Gasteiger partial charge in [0.05, 0.1) is 7.11 Å². The predicted molar refractivity (Wildman–Crippen MR) is 114 cm³/mol. The Morgan fingerprint density at radius 3 is 2.32 bits per heavy atom. The number of piperidine rings is 1. The van der Waals surface area contributed by atoms with E-state index in [4.69, 9.17) is 4.74 Å². The number of nitrogens with one attached hydrogen (secondary N) is 1. The van der Waals surface area contributed by atoms with Gasteiger partial charge in [0.1, 0.15) is 5.75 Å². The van der Waals surface area contributed by atoms with Gasteiger partial charge < -0.3 is 19.9 Å². The average molecular weight is 380 g/mol. The lowest BCUT2D eigenvalue weighted by atomic mass is 10.0. The maximum absolute atomic E-state index is 12.1. The van der Waals surface area contributed by atoms with Gasteiger partial charge in [-0.1, -0.05) is 6.07 Å². The summed E-state index contributed by atoms with van der Waals surface area (Å²) in [6.07, 6.45) is 2.18. The Bertz CT molecular complexity index is 816. The summed E-state index contributed by atoms with van der Waals surface area (Å²) in [7, 11) is 3.54. The molecule has 6 heteroatoms. The van der Waals surface area contributed by atoms with Crippen LogP contribution >= 0.6 is 0 Å². The quantitative estimate of drug-likeness (QED) is 0.860. The summed E-state index contributed by atoms with van der Waals surface area (Å²) in [6, 6.07) is 17.1. The highest BCUT2D eigenvalue weighted by Crippen LogP contribution is 2.27. The van der Waals surface area contributed by atoms with Crippen LogP contribution in [0.1, 0.15) is 12.8 Å². The van der Waals surface area contributed by atoms with E-state index >= 15 is 0 Å². The third-order valence-corrected chi connectivity index (χ3v) is 5.68. The molecule has 2 amide bonds. The molecule has 6 nitrogen and oxygen atoms in total. The standard InChI is InChI=1S/C22H28N4O2/c1-24-14-15-26(22(24)27)20-8-6-19(7-9-20)25-12-10-17(11-13-25)23-18-4-3-5-21(16-18)28-2/h3-9,16-17,23H,10-15H2,1-2H3. The van der Waals surface area contributed by atoms with Gasteiger partial charge in [-0.3, -0.25) is 4.90 Å². The molecule has 28 heavy (non-hydrogen) atoms. The Morgan fingerprint density at radius 1 is 0.964 bits per heavy atom. The van der Waals surface area contributed by atoms with Crippen molar-refractivity contribution in [1.29, 1.82) is 0 Å². The van der Waals surface area contributed by atoms with Crippen LogP contribution in [0.5, 0.6) is 5.75 Å². The van der Waals surface area contributed by atoms with Crippen LogP contribution in [0.15, 0.2) is 48.5 Å². The van der Waals surface area contributed by atoms with Crippen molar-refractivity contribution in [3.05, 3.63) is 48.5 Å². The van der Waals surface area contributed by atoms with E-state index in [1.54, 1.807) is 12.0 Å². The number of rotatable bonds is 5. The molecule has 0 aliphatic carbocycles. The number of carbonyl (C=O) groups excluding carboxylic acids is 1. The topological polar surface area (TPSA) is 48.1 Å².